The van der Waals surface area contributed by atoms with Crippen LogP contribution in [0, 0.1) is 6.92 Å². The molecule has 27 heavy (non-hydrogen) atoms. The molecule has 4 heterocycles. The van der Waals surface area contributed by atoms with Gasteiger partial charge in [-0.2, -0.15) is 0 Å². The molecule has 1 saturated heterocycles. The quantitative estimate of drug-likeness (QED) is 0.881. The molecule has 0 atom stereocenters. The van der Waals surface area contributed by atoms with Crippen molar-refractivity contribution in [2.24, 2.45) is 0 Å². The Kier molecular flexibility index (Phi) is 4.16. The number of hydrogen-bond acceptors (Lipinski definition) is 6. The van der Waals surface area contributed by atoms with Gasteiger partial charge >= 0.3 is 0 Å². The number of anilines is 1. The second-order valence-corrected chi connectivity index (χ2v) is 8.87. The summed E-state index contributed by atoms with van der Waals surface area (Å²) in [5.41, 5.74) is 0.999. The van der Waals surface area contributed by atoms with E-state index in [4.69, 9.17) is 4.74 Å². The fourth-order valence-electron chi connectivity index (χ4n) is 4.14. The fraction of sp³-hybridized carbons (Fsp3) is 0.550. The lowest BCUT2D eigenvalue weighted by Gasteiger charge is -2.44. The average Bonchev–Trinajstić information content (AvgIpc) is 3.37. The van der Waals surface area contributed by atoms with Crippen LogP contribution in [-0.4, -0.2) is 41.6 Å². The Labute approximate surface area is 163 Å². The van der Waals surface area contributed by atoms with Crippen LogP contribution >= 0.6 is 11.3 Å². The number of carbonyl (C=O) groups is 1. The molecule has 0 bridgehead atoms. The number of fused-ring (bicyclic) bond motifs is 2. The highest BCUT2D eigenvalue weighted by Crippen LogP contribution is 2.45. The number of aromatic nitrogens is 2. The average molecular weight is 385 g/mol. The standard InChI is InChI=1S/C20H24N4O2S/c1-13-21-8-4-18(22-13)24-9-6-20(7-10-24)15-12-17(19(25)23-14-2-3-14)27-16(15)5-11-26-20/h4,8,12,14H,2-3,5-7,9-11H2,1H3,(H,23,25). The molecule has 6 nitrogen and oxygen atoms in total. The Balaban J connectivity index is 1.36. The number of amides is 1. The molecule has 2 aromatic heterocycles. The van der Waals surface area contributed by atoms with Crippen LogP contribution in [0.15, 0.2) is 18.3 Å². The van der Waals surface area contributed by atoms with Crippen molar-refractivity contribution in [3.8, 4) is 0 Å². The van der Waals surface area contributed by atoms with E-state index in [-0.39, 0.29) is 11.5 Å². The van der Waals surface area contributed by atoms with E-state index in [9.17, 15) is 4.79 Å². The molecule has 142 valence electrons. The van der Waals surface area contributed by atoms with Crippen molar-refractivity contribution in [1.29, 1.82) is 0 Å². The van der Waals surface area contributed by atoms with E-state index < -0.39 is 0 Å². The summed E-state index contributed by atoms with van der Waals surface area (Å²) in [6.45, 7) is 4.46. The number of hydrogen-bond donors (Lipinski definition) is 1. The minimum Gasteiger partial charge on any atom is -0.370 e. The zero-order valence-electron chi connectivity index (χ0n) is 15.5. The molecule has 1 spiro atoms. The zero-order chi connectivity index (χ0) is 18.4. The van der Waals surface area contributed by atoms with Gasteiger partial charge in [0.25, 0.3) is 5.91 Å². The first kappa shape index (κ1) is 17.1. The SMILES string of the molecule is Cc1nccc(N2CCC3(CC2)OCCc2sc(C(=O)NC4CC4)cc23)n1. The molecule has 7 heteroatoms. The predicted octanol–water partition coefficient (Wildman–Crippen LogP) is 2.81. The van der Waals surface area contributed by atoms with Gasteiger partial charge in [-0.1, -0.05) is 0 Å². The van der Waals surface area contributed by atoms with E-state index in [1.807, 2.05) is 19.2 Å². The van der Waals surface area contributed by atoms with E-state index >= 15 is 0 Å². The number of nitrogens with one attached hydrogen (secondary N) is 1. The highest BCUT2D eigenvalue weighted by molar-refractivity contribution is 7.14. The van der Waals surface area contributed by atoms with Crippen LogP contribution in [0.3, 0.4) is 0 Å². The summed E-state index contributed by atoms with van der Waals surface area (Å²) in [5.74, 6) is 1.87. The molecule has 2 aromatic rings. The predicted molar refractivity (Wildman–Crippen MR) is 104 cm³/mol. The first-order valence-corrected chi connectivity index (χ1v) is 10.6. The maximum atomic E-state index is 12.5. The van der Waals surface area contributed by atoms with Gasteiger partial charge in [0.1, 0.15) is 11.6 Å². The zero-order valence-corrected chi connectivity index (χ0v) is 16.3. The maximum absolute atomic E-state index is 12.5. The third kappa shape index (κ3) is 3.23. The maximum Gasteiger partial charge on any atom is 0.261 e. The molecule has 1 N–H and O–H groups in total. The third-order valence-corrected chi connectivity index (χ3v) is 6.99. The van der Waals surface area contributed by atoms with Crippen LogP contribution in [-0.2, 0) is 16.8 Å². The number of ether oxygens (including phenoxy) is 1. The van der Waals surface area contributed by atoms with Crippen LogP contribution in [0.4, 0.5) is 5.82 Å². The first-order valence-electron chi connectivity index (χ1n) is 9.76. The Morgan fingerprint density at radius 1 is 1.37 bits per heavy atom. The second-order valence-electron chi connectivity index (χ2n) is 7.74. The van der Waals surface area contributed by atoms with E-state index in [0.29, 0.717) is 6.04 Å². The molecule has 0 unspecified atom stereocenters. The monoisotopic (exact) mass is 384 g/mol. The lowest BCUT2D eigenvalue weighted by molar-refractivity contribution is -0.0757. The smallest absolute Gasteiger partial charge is 0.261 e. The van der Waals surface area contributed by atoms with Crippen LogP contribution < -0.4 is 10.2 Å². The van der Waals surface area contributed by atoms with Gasteiger partial charge in [-0.3, -0.25) is 4.79 Å². The largest absolute Gasteiger partial charge is 0.370 e. The van der Waals surface area contributed by atoms with Gasteiger partial charge in [0.2, 0.25) is 0 Å². The summed E-state index contributed by atoms with van der Waals surface area (Å²) >= 11 is 1.65. The van der Waals surface area contributed by atoms with Gasteiger partial charge < -0.3 is 15.0 Å². The molecule has 0 aromatic carbocycles. The summed E-state index contributed by atoms with van der Waals surface area (Å²) < 4.78 is 6.34. The second kappa shape index (κ2) is 6.56. The summed E-state index contributed by atoms with van der Waals surface area (Å²) in [6, 6.07) is 4.46. The molecule has 5 rings (SSSR count). The Morgan fingerprint density at radius 3 is 2.93 bits per heavy atom. The lowest BCUT2D eigenvalue weighted by Crippen LogP contribution is -2.46. The van der Waals surface area contributed by atoms with E-state index in [1.165, 1.54) is 10.4 Å². The van der Waals surface area contributed by atoms with Crippen LogP contribution in [0.5, 0.6) is 0 Å². The number of rotatable bonds is 3. The van der Waals surface area contributed by atoms with Gasteiger partial charge in [0.15, 0.2) is 0 Å². The first-order chi connectivity index (χ1) is 13.1. The number of aryl methyl sites for hydroxylation is 1. The van der Waals surface area contributed by atoms with E-state index in [2.05, 4.69) is 26.3 Å². The number of piperidine rings is 1. The molecule has 2 fully saturated rings. The fourth-order valence-corrected chi connectivity index (χ4v) is 5.28. The van der Waals surface area contributed by atoms with Gasteiger partial charge in [-0.05, 0) is 50.3 Å². The number of nitrogens with zero attached hydrogens (tertiary/aromatic N) is 3. The normalized spacial score (nSPS) is 21.1. The van der Waals surface area contributed by atoms with Gasteiger partial charge in [0.05, 0.1) is 17.1 Å². The molecular weight excluding hydrogens is 360 g/mol. The summed E-state index contributed by atoms with van der Waals surface area (Å²) in [7, 11) is 0. The Bertz CT molecular complexity index is 869. The molecule has 3 aliphatic rings. The van der Waals surface area contributed by atoms with Crippen molar-refractivity contribution in [1.82, 2.24) is 15.3 Å². The summed E-state index contributed by atoms with van der Waals surface area (Å²) in [5, 5.41) is 3.11. The van der Waals surface area contributed by atoms with Crippen molar-refractivity contribution in [3.05, 3.63) is 39.5 Å². The number of thiophene rings is 1. The lowest BCUT2D eigenvalue weighted by atomic mass is 9.82. The minimum absolute atomic E-state index is 0.0842. The molecule has 1 amide bonds. The van der Waals surface area contributed by atoms with Crippen LogP contribution in [0.25, 0.3) is 0 Å². The topological polar surface area (TPSA) is 67.4 Å². The van der Waals surface area contributed by atoms with Crippen molar-refractivity contribution >= 4 is 23.1 Å². The van der Waals surface area contributed by atoms with E-state index in [1.54, 1.807) is 11.3 Å². The van der Waals surface area contributed by atoms with Crippen LogP contribution in [0.2, 0.25) is 0 Å². The van der Waals surface area contributed by atoms with Crippen LogP contribution in [0.1, 0.15) is 51.6 Å². The summed E-state index contributed by atoms with van der Waals surface area (Å²) in [6.07, 6.45) is 6.80. The van der Waals surface area contributed by atoms with Gasteiger partial charge in [0, 0.05) is 36.6 Å². The van der Waals surface area contributed by atoms with Crippen molar-refractivity contribution in [3.63, 3.8) is 0 Å². The minimum atomic E-state index is -0.249. The molecule has 1 aliphatic carbocycles. The van der Waals surface area contributed by atoms with Crippen molar-refractivity contribution in [2.75, 3.05) is 24.6 Å². The Morgan fingerprint density at radius 2 is 2.19 bits per heavy atom. The molecule has 0 radical (unpaired) electrons. The highest BCUT2D eigenvalue weighted by atomic mass is 32.1. The van der Waals surface area contributed by atoms with Gasteiger partial charge in [-0.15, -0.1) is 11.3 Å². The van der Waals surface area contributed by atoms with Gasteiger partial charge in [-0.25, -0.2) is 9.97 Å². The highest BCUT2D eigenvalue weighted by Gasteiger charge is 2.42. The van der Waals surface area contributed by atoms with Crippen molar-refractivity contribution < 1.29 is 9.53 Å². The summed E-state index contributed by atoms with van der Waals surface area (Å²) in [4.78, 5) is 25.7. The molecule has 2 aliphatic heterocycles. The molecule has 1 saturated carbocycles. The third-order valence-electron chi connectivity index (χ3n) is 5.80. The van der Waals surface area contributed by atoms with Crippen molar-refractivity contribution in [2.45, 2.75) is 50.7 Å². The Hall–Kier alpha value is -1.99. The molecular formula is C20H24N4O2S. The van der Waals surface area contributed by atoms with E-state index in [0.717, 1.165) is 68.3 Å². The number of carbonyl (C=O) groups excluding carboxylic acids is 1.